The first-order valence-electron chi connectivity index (χ1n) is 20.9. The second kappa shape index (κ2) is 31.4. The monoisotopic (exact) mass is 932 g/mol. The van der Waals surface area contributed by atoms with Crippen LogP contribution in [0.4, 0.5) is 0 Å². The molecule has 0 radical (unpaired) electrons. The van der Waals surface area contributed by atoms with Gasteiger partial charge in [-0.3, -0.25) is 27.7 Å². The van der Waals surface area contributed by atoms with E-state index >= 15 is 0 Å². The summed E-state index contributed by atoms with van der Waals surface area (Å²) in [5, 5.41) is 31.7. The van der Waals surface area contributed by atoms with Crippen LogP contribution in [0.5, 0.6) is 0 Å². The molecular weight excluding hydrogens is 861 g/mol. The molecule has 350 valence electrons. The fraction of sp³-hybridized carbons (Fsp3) is 0.944. The fourth-order valence-corrected chi connectivity index (χ4v) is 8.88. The van der Waals surface area contributed by atoms with E-state index < -0.39 is 91.3 Å². The van der Waals surface area contributed by atoms with Crippen LogP contribution in [0, 0.1) is 0 Å². The van der Waals surface area contributed by atoms with Gasteiger partial charge in [0.2, 0.25) is 0 Å². The number of phosphoric ester groups is 3. The molecule has 23 heteroatoms. The summed E-state index contributed by atoms with van der Waals surface area (Å²) in [4.78, 5) is 72.8. The van der Waals surface area contributed by atoms with Crippen molar-refractivity contribution >= 4 is 48.0 Å². The van der Waals surface area contributed by atoms with E-state index in [1.165, 1.54) is 44.9 Å². The molecule has 1 fully saturated rings. The highest BCUT2D eigenvalue weighted by Gasteiger charge is 2.56. The Morgan fingerprint density at radius 2 is 0.915 bits per heavy atom. The first-order chi connectivity index (χ1) is 27.8. The topological polar surface area (TPSA) is 303 Å². The fourth-order valence-electron chi connectivity index (χ4n) is 6.56. The van der Waals surface area contributed by atoms with Crippen molar-refractivity contribution in [1.29, 1.82) is 0 Å². The molecule has 0 saturated heterocycles. The maximum absolute atomic E-state index is 13.0. The van der Waals surface area contributed by atoms with E-state index in [9.17, 15) is 63.1 Å². The van der Waals surface area contributed by atoms with Gasteiger partial charge in [0.15, 0.2) is 6.10 Å². The van der Waals surface area contributed by atoms with Gasteiger partial charge in [-0.15, -0.1) is 0 Å². The maximum Gasteiger partial charge on any atom is 0.472 e. The minimum Gasteiger partial charge on any atom is -0.462 e. The molecule has 1 rings (SSSR count). The number of carbonyl (C=O) groups excluding carboxylic acids is 2. The molecular formula is C36H71O19P3S. The zero-order valence-electron chi connectivity index (χ0n) is 34.3. The molecule has 0 aromatic heterocycles. The molecule has 4 unspecified atom stereocenters. The molecule has 0 bridgehead atoms. The van der Waals surface area contributed by atoms with Crippen molar-refractivity contribution in [2.75, 3.05) is 19.0 Å². The minimum absolute atomic E-state index is 0.00128. The molecule has 8 N–H and O–H groups in total. The Hall–Kier alpha value is -0.500. The van der Waals surface area contributed by atoms with Gasteiger partial charge >= 0.3 is 35.4 Å². The highest BCUT2D eigenvalue weighted by atomic mass is 32.1. The number of carbonyl (C=O) groups is 2. The van der Waals surface area contributed by atoms with Crippen LogP contribution in [0.15, 0.2) is 0 Å². The molecule has 1 saturated carbocycles. The van der Waals surface area contributed by atoms with Gasteiger partial charge in [-0.1, -0.05) is 122 Å². The number of phosphoric acid groups is 3. The Morgan fingerprint density at radius 1 is 0.525 bits per heavy atom. The van der Waals surface area contributed by atoms with Gasteiger partial charge < -0.3 is 49.3 Å². The summed E-state index contributed by atoms with van der Waals surface area (Å²) in [6, 6.07) is 0. The predicted molar refractivity (Wildman–Crippen MR) is 219 cm³/mol. The average molecular weight is 933 g/mol. The Kier molecular flexibility index (Phi) is 30.0. The van der Waals surface area contributed by atoms with Crippen molar-refractivity contribution < 1.29 is 90.6 Å². The molecule has 0 aliphatic heterocycles. The lowest BCUT2D eigenvalue weighted by molar-refractivity contribution is -0.213. The maximum atomic E-state index is 13.0. The van der Waals surface area contributed by atoms with E-state index in [1.54, 1.807) is 0 Å². The van der Waals surface area contributed by atoms with Crippen LogP contribution < -0.4 is 0 Å². The lowest BCUT2D eigenvalue weighted by Gasteiger charge is -2.44. The number of aliphatic hydroxyl groups is 3. The van der Waals surface area contributed by atoms with E-state index in [0.29, 0.717) is 12.8 Å². The largest absolute Gasteiger partial charge is 0.472 e. The van der Waals surface area contributed by atoms with Crippen molar-refractivity contribution in [1.82, 2.24) is 0 Å². The van der Waals surface area contributed by atoms with Crippen LogP contribution >= 0.6 is 36.1 Å². The van der Waals surface area contributed by atoms with Crippen molar-refractivity contribution in [3.8, 4) is 0 Å². The third kappa shape index (κ3) is 28.0. The number of aliphatic hydroxyl groups excluding tert-OH is 3. The van der Waals surface area contributed by atoms with Gasteiger partial charge in [-0.25, -0.2) is 13.7 Å². The van der Waals surface area contributed by atoms with Crippen molar-refractivity contribution in [3.05, 3.63) is 0 Å². The summed E-state index contributed by atoms with van der Waals surface area (Å²) < 4.78 is 65.1. The molecule has 0 amide bonds. The standard InChI is InChI=1S/C36H71O19P3S/c1-2-3-4-5-6-7-8-9-10-11-15-18-21-24-30(38)52-28(26-50-29(37)23-20-17-14-12-13-16-19-22-25-59)27-51-58(48,49)55-34-31(39)32(40)35(53-56(42,43)44)36(33(34)41)54-57(45,46)47/h28,31-36,39-41,59H,2-27H2,1H3,(H,48,49)(H2,42,43,44)(H2,45,46,47)/t28-,31?,32-,33+,34?,35?,36+/m1/s1. The van der Waals surface area contributed by atoms with Crippen molar-refractivity contribution in [3.63, 3.8) is 0 Å². The first kappa shape index (κ1) is 56.5. The number of ether oxygens (including phenoxy) is 2. The normalized spacial score (nSPS) is 22.8. The van der Waals surface area contributed by atoms with Gasteiger partial charge in [0, 0.05) is 12.8 Å². The number of hydrogen-bond donors (Lipinski definition) is 9. The van der Waals surface area contributed by atoms with Crippen LogP contribution in [0.2, 0.25) is 0 Å². The molecule has 8 atom stereocenters. The highest BCUT2D eigenvalue weighted by Crippen LogP contribution is 2.51. The van der Waals surface area contributed by atoms with Crippen LogP contribution in [-0.2, 0) is 50.9 Å². The third-order valence-corrected chi connectivity index (χ3v) is 12.1. The predicted octanol–water partition coefficient (Wildman–Crippen LogP) is 5.92. The van der Waals surface area contributed by atoms with Crippen LogP contribution in [0.3, 0.4) is 0 Å². The van der Waals surface area contributed by atoms with Crippen LogP contribution in [0.25, 0.3) is 0 Å². The summed E-state index contributed by atoms with van der Waals surface area (Å²) >= 11 is 4.21. The zero-order valence-corrected chi connectivity index (χ0v) is 37.9. The summed E-state index contributed by atoms with van der Waals surface area (Å²) in [7, 11) is -16.6. The molecule has 1 aliphatic carbocycles. The van der Waals surface area contributed by atoms with Gasteiger partial charge in [-0.05, 0) is 25.0 Å². The van der Waals surface area contributed by atoms with Crippen molar-refractivity contribution in [2.24, 2.45) is 0 Å². The Balaban J connectivity index is 2.80. The van der Waals surface area contributed by atoms with Gasteiger partial charge in [0.1, 0.15) is 43.2 Å². The van der Waals surface area contributed by atoms with Gasteiger partial charge in [0.25, 0.3) is 0 Å². The summed E-state index contributed by atoms with van der Waals surface area (Å²) in [5.41, 5.74) is 0. The second-order valence-corrected chi connectivity index (χ2v) is 19.3. The summed E-state index contributed by atoms with van der Waals surface area (Å²) in [5.74, 6) is -0.440. The van der Waals surface area contributed by atoms with Crippen LogP contribution in [0.1, 0.15) is 155 Å². The first-order valence-corrected chi connectivity index (χ1v) is 26.1. The number of hydrogen-bond acceptors (Lipinski definition) is 15. The number of unbranched alkanes of at least 4 members (excludes halogenated alkanes) is 19. The van der Waals surface area contributed by atoms with Gasteiger partial charge in [0.05, 0.1) is 6.61 Å². The number of thiol groups is 1. The Labute approximate surface area is 354 Å². The summed E-state index contributed by atoms with van der Waals surface area (Å²) in [6.45, 7) is 0.720. The smallest absolute Gasteiger partial charge is 0.462 e. The number of rotatable bonds is 36. The van der Waals surface area contributed by atoms with E-state index in [2.05, 4.69) is 28.6 Å². The van der Waals surface area contributed by atoms with E-state index in [4.69, 9.17) is 18.5 Å². The number of esters is 2. The molecule has 59 heavy (non-hydrogen) atoms. The van der Waals surface area contributed by atoms with E-state index in [1.807, 2.05) is 0 Å². The molecule has 0 aromatic rings. The molecule has 0 aromatic carbocycles. The van der Waals surface area contributed by atoms with Crippen molar-refractivity contribution in [2.45, 2.75) is 197 Å². The lowest BCUT2D eigenvalue weighted by atomic mass is 9.85. The lowest BCUT2D eigenvalue weighted by Crippen LogP contribution is -2.65. The van der Waals surface area contributed by atoms with E-state index in [0.717, 1.165) is 82.8 Å². The zero-order chi connectivity index (χ0) is 44.3. The summed E-state index contributed by atoms with van der Waals surface area (Å²) in [6.07, 6.45) is 5.78. The quantitative estimate of drug-likeness (QED) is 0.0152. The average Bonchev–Trinajstić information content (AvgIpc) is 3.15. The molecule has 19 nitrogen and oxygen atoms in total. The minimum atomic E-state index is -5.59. The Bertz CT molecular complexity index is 1290. The Morgan fingerprint density at radius 3 is 1.36 bits per heavy atom. The molecule has 0 spiro atoms. The van der Waals surface area contributed by atoms with Gasteiger partial charge in [-0.2, -0.15) is 12.6 Å². The highest BCUT2D eigenvalue weighted by molar-refractivity contribution is 7.80. The SMILES string of the molecule is CCCCCCCCCCCCCCCC(=O)O[C@H](COC(=O)CCCCCCCCCCS)COP(=O)(O)OC1C(O)[C@@H](O)C(OP(=O)(O)O)[C@@H](OP(=O)(O)O)[C@H]1O. The van der Waals surface area contributed by atoms with Crippen LogP contribution in [-0.4, -0.2) is 113 Å². The molecule has 1 aliphatic rings. The second-order valence-electron chi connectivity index (χ2n) is 15.0. The van der Waals surface area contributed by atoms with E-state index in [-0.39, 0.29) is 12.8 Å². The molecule has 0 heterocycles. The third-order valence-electron chi connectivity index (χ3n) is 9.72.